The molecule has 2 fully saturated rings. The molecule has 1 saturated carbocycles. The zero-order chi connectivity index (χ0) is 19.0. The second kappa shape index (κ2) is 7.62. The van der Waals surface area contributed by atoms with E-state index in [-0.39, 0.29) is 18.0 Å². The second-order valence-corrected chi connectivity index (χ2v) is 7.67. The van der Waals surface area contributed by atoms with Crippen molar-refractivity contribution in [1.29, 1.82) is 0 Å². The van der Waals surface area contributed by atoms with Crippen molar-refractivity contribution in [3.63, 3.8) is 0 Å². The molecule has 0 spiro atoms. The predicted molar refractivity (Wildman–Crippen MR) is 103 cm³/mol. The number of aliphatic hydroxyl groups is 1. The largest absolute Gasteiger partial charge is 0.451 e. The van der Waals surface area contributed by atoms with Crippen LogP contribution in [0.2, 0.25) is 0 Å². The van der Waals surface area contributed by atoms with Crippen LogP contribution in [0.1, 0.15) is 35.4 Å². The number of aryl methyl sites for hydroxylation is 1. The fourth-order valence-corrected chi connectivity index (χ4v) is 4.55. The first-order valence-corrected chi connectivity index (χ1v) is 9.83. The minimum Gasteiger partial charge on any atom is -0.451 e. The fraction of sp³-hybridized carbons (Fsp3) is 0.571. The first kappa shape index (κ1) is 18.5. The summed E-state index contributed by atoms with van der Waals surface area (Å²) in [6, 6.07) is 7.57. The topological polar surface area (TPSA) is 66.2 Å². The number of fused-ring (bicyclic) bond motifs is 1. The number of hydrogen-bond donors (Lipinski definition) is 1. The number of amides is 1. The third-order valence-electron chi connectivity index (χ3n) is 6.16. The van der Waals surface area contributed by atoms with Crippen molar-refractivity contribution >= 4 is 16.9 Å². The third kappa shape index (κ3) is 3.37. The molecule has 1 aliphatic heterocycles. The van der Waals surface area contributed by atoms with Crippen LogP contribution in [0, 0.1) is 6.92 Å². The molecule has 4 rings (SSSR count). The van der Waals surface area contributed by atoms with Crippen molar-refractivity contribution < 1.29 is 19.1 Å². The van der Waals surface area contributed by atoms with Gasteiger partial charge in [0.1, 0.15) is 5.58 Å². The Morgan fingerprint density at radius 1 is 1.22 bits per heavy atom. The lowest BCUT2D eigenvalue weighted by Gasteiger charge is -2.45. The Kier molecular flexibility index (Phi) is 5.21. The Balaban J connectivity index is 1.54. The highest BCUT2D eigenvalue weighted by atomic mass is 16.5. The summed E-state index contributed by atoms with van der Waals surface area (Å²) in [5.74, 6) is 0.217. The van der Waals surface area contributed by atoms with Crippen molar-refractivity contribution in [2.24, 2.45) is 0 Å². The second-order valence-electron chi connectivity index (χ2n) is 7.67. The lowest BCUT2D eigenvalue weighted by Crippen LogP contribution is -2.58. The van der Waals surface area contributed by atoms with Crippen molar-refractivity contribution in [3.05, 3.63) is 35.6 Å². The van der Waals surface area contributed by atoms with Crippen LogP contribution in [-0.2, 0) is 4.74 Å². The summed E-state index contributed by atoms with van der Waals surface area (Å²) >= 11 is 0. The Morgan fingerprint density at radius 2 is 1.96 bits per heavy atom. The summed E-state index contributed by atoms with van der Waals surface area (Å²) in [7, 11) is 1.78. The zero-order valence-corrected chi connectivity index (χ0v) is 16.1. The maximum atomic E-state index is 13.2. The minimum absolute atomic E-state index is 0.0830. The van der Waals surface area contributed by atoms with Gasteiger partial charge in [0.2, 0.25) is 0 Å². The number of rotatable bonds is 3. The number of carbonyl (C=O) groups excluding carboxylic acids is 1. The molecule has 1 aromatic heterocycles. The minimum atomic E-state index is -0.560. The van der Waals surface area contributed by atoms with Gasteiger partial charge >= 0.3 is 0 Å². The molecule has 0 radical (unpaired) electrons. The molecule has 2 aromatic rings. The van der Waals surface area contributed by atoms with E-state index in [0.29, 0.717) is 19.0 Å². The van der Waals surface area contributed by atoms with E-state index >= 15 is 0 Å². The molecule has 6 heteroatoms. The Hall–Kier alpha value is -1.89. The van der Waals surface area contributed by atoms with Crippen LogP contribution in [0.25, 0.3) is 11.0 Å². The Labute approximate surface area is 159 Å². The van der Waals surface area contributed by atoms with Crippen molar-refractivity contribution in [3.8, 4) is 0 Å². The molecular formula is C21H28N2O4. The average Bonchev–Trinajstić information content (AvgIpc) is 3.04. The molecule has 6 nitrogen and oxygen atoms in total. The van der Waals surface area contributed by atoms with Gasteiger partial charge in [-0.25, -0.2) is 0 Å². The van der Waals surface area contributed by atoms with Gasteiger partial charge in [-0.1, -0.05) is 18.2 Å². The van der Waals surface area contributed by atoms with Gasteiger partial charge in [-0.15, -0.1) is 0 Å². The normalized spacial score (nSPS) is 27.0. The summed E-state index contributed by atoms with van der Waals surface area (Å²) in [5.41, 5.74) is 1.58. The highest BCUT2D eigenvalue weighted by Gasteiger charge is 2.40. The van der Waals surface area contributed by atoms with E-state index in [1.54, 1.807) is 11.9 Å². The van der Waals surface area contributed by atoms with Gasteiger partial charge < -0.3 is 19.2 Å². The average molecular weight is 372 g/mol. The number of para-hydroxylation sites is 1. The van der Waals surface area contributed by atoms with Gasteiger partial charge in [0, 0.05) is 37.1 Å². The summed E-state index contributed by atoms with van der Waals surface area (Å²) in [4.78, 5) is 17.1. The molecule has 3 atom stereocenters. The monoisotopic (exact) mass is 372 g/mol. The molecule has 1 saturated heterocycles. The number of ether oxygens (including phenoxy) is 1. The van der Waals surface area contributed by atoms with E-state index < -0.39 is 6.10 Å². The Morgan fingerprint density at radius 3 is 2.70 bits per heavy atom. The van der Waals surface area contributed by atoms with Gasteiger partial charge in [0.05, 0.1) is 25.4 Å². The highest BCUT2D eigenvalue weighted by molar-refractivity contribution is 5.99. The SMILES string of the molecule is Cc1c(C(=O)N(C)[C@@H]2CCC[C@@H](N3CCOCC3)[C@@H]2O)oc2ccccc12. The van der Waals surface area contributed by atoms with E-state index in [0.717, 1.165) is 48.9 Å². The standard InChI is InChI=1S/C21H28N2O4/c1-14-15-6-3-4-9-18(15)27-20(14)21(25)22(2)16-7-5-8-17(19(16)24)23-10-12-26-13-11-23/h3-4,6,9,16-17,19,24H,5,7-8,10-13H2,1-2H3/t16-,17-,19-/m1/s1. The lowest BCUT2D eigenvalue weighted by molar-refractivity contribution is -0.0616. The molecule has 0 bridgehead atoms. The van der Waals surface area contributed by atoms with Crippen LogP contribution < -0.4 is 0 Å². The maximum Gasteiger partial charge on any atom is 0.289 e. The molecule has 1 N–H and O–H groups in total. The maximum absolute atomic E-state index is 13.2. The van der Waals surface area contributed by atoms with Gasteiger partial charge in [-0.05, 0) is 32.3 Å². The van der Waals surface area contributed by atoms with Gasteiger partial charge in [-0.3, -0.25) is 9.69 Å². The van der Waals surface area contributed by atoms with E-state index in [1.807, 2.05) is 31.2 Å². The zero-order valence-electron chi connectivity index (χ0n) is 16.1. The molecule has 1 aromatic carbocycles. The number of nitrogens with zero attached hydrogens (tertiary/aromatic N) is 2. The molecule has 2 aliphatic rings. The van der Waals surface area contributed by atoms with E-state index in [2.05, 4.69) is 4.90 Å². The van der Waals surface area contributed by atoms with Gasteiger partial charge in [0.25, 0.3) is 5.91 Å². The predicted octanol–water partition coefficient (Wildman–Crippen LogP) is 2.43. The molecule has 146 valence electrons. The van der Waals surface area contributed by atoms with Crippen LogP contribution >= 0.6 is 0 Å². The van der Waals surface area contributed by atoms with Crippen LogP contribution in [0.15, 0.2) is 28.7 Å². The molecule has 1 amide bonds. The Bertz CT molecular complexity index is 812. The van der Waals surface area contributed by atoms with Gasteiger partial charge in [-0.2, -0.15) is 0 Å². The highest BCUT2D eigenvalue weighted by Crippen LogP contribution is 2.30. The first-order valence-electron chi connectivity index (χ1n) is 9.83. The van der Waals surface area contributed by atoms with E-state index in [4.69, 9.17) is 9.15 Å². The summed E-state index contributed by atoms with van der Waals surface area (Å²) in [6.45, 7) is 5.02. The third-order valence-corrected chi connectivity index (χ3v) is 6.16. The molecule has 27 heavy (non-hydrogen) atoms. The lowest BCUT2D eigenvalue weighted by atomic mass is 9.86. The van der Waals surface area contributed by atoms with Crippen molar-refractivity contribution in [2.75, 3.05) is 33.4 Å². The molecule has 0 unspecified atom stereocenters. The molecular weight excluding hydrogens is 344 g/mol. The van der Waals surface area contributed by atoms with E-state index in [1.165, 1.54) is 0 Å². The van der Waals surface area contributed by atoms with E-state index in [9.17, 15) is 9.90 Å². The first-order chi connectivity index (χ1) is 13.1. The quantitative estimate of drug-likeness (QED) is 0.896. The fourth-order valence-electron chi connectivity index (χ4n) is 4.55. The number of hydrogen-bond acceptors (Lipinski definition) is 5. The summed E-state index contributed by atoms with van der Waals surface area (Å²) in [5, 5.41) is 12.0. The number of benzene rings is 1. The van der Waals surface area contributed by atoms with Gasteiger partial charge in [0.15, 0.2) is 5.76 Å². The summed E-state index contributed by atoms with van der Waals surface area (Å²) in [6.07, 6.45) is 2.21. The van der Waals surface area contributed by atoms with Crippen LogP contribution in [-0.4, -0.2) is 72.4 Å². The number of furan rings is 1. The number of morpholine rings is 1. The molecule has 2 heterocycles. The smallest absolute Gasteiger partial charge is 0.289 e. The summed E-state index contributed by atoms with van der Waals surface area (Å²) < 4.78 is 11.3. The van der Waals surface area contributed by atoms with Crippen LogP contribution in [0.4, 0.5) is 0 Å². The number of aliphatic hydroxyl groups excluding tert-OH is 1. The van der Waals surface area contributed by atoms with Crippen LogP contribution in [0.5, 0.6) is 0 Å². The number of likely N-dealkylation sites (N-methyl/N-ethyl adjacent to an activating group) is 1. The molecule has 1 aliphatic carbocycles. The number of carbonyl (C=O) groups is 1. The van der Waals surface area contributed by atoms with Crippen LogP contribution in [0.3, 0.4) is 0 Å². The van der Waals surface area contributed by atoms with Crippen molar-refractivity contribution in [2.45, 2.75) is 44.4 Å². The van der Waals surface area contributed by atoms with Crippen molar-refractivity contribution in [1.82, 2.24) is 9.80 Å².